The molecule has 29 heavy (non-hydrogen) atoms. The molecule has 2 amide bonds. The third-order valence-electron chi connectivity index (χ3n) is 4.97. The van der Waals surface area contributed by atoms with E-state index >= 15 is 0 Å². The smallest absolute Gasteiger partial charge is 0.258 e. The molecule has 0 fully saturated rings. The molecule has 3 aromatic rings. The van der Waals surface area contributed by atoms with Crippen molar-refractivity contribution in [1.29, 1.82) is 0 Å². The summed E-state index contributed by atoms with van der Waals surface area (Å²) in [5.74, 6) is -0.158. The SMILES string of the molecule is Cc1ccc(NC(=O)CN2CCc3nc(NC(=O)c4ccsc4)sc3C2)cc1C. The van der Waals surface area contributed by atoms with Crippen LogP contribution in [-0.2, 0) is 17.8 Å². The van der Waals surface area contributed by atoms with E-state index in [-0.39, 0.29) is 11.8 Å². The second kappa shape index (κ2) is 8.44. The lowest BCUT2D eigenvalue weighted by Gasteiger charge is -2.25. The zero-order valence-corrected chi connectivity index (χ0v) is 18.0. The zero-order valence-electron chi connectivity index (χ0n) is 16.3. The first-order valence-electron chi connectivity index (χ1n) is 9.39. The third kappa shape index (κ3) is 4.72. The van der Waals surface area contributed by atoms with Crippen LogP contribution in [0.5, 0.6) is 0 Å². The Balaban J connectivity index is 1.34. The molecule has 0 aliphatic carbocycles. The molecule has 0 saturated carbocycles. The molecule has 0 bridgehead atoms. The van der Waals surface area contributed by atoms with Gasteiger partial charge in [-0.1, -0.05) is 6.07 Å². The molecular weight excluding hydrogens is 404 g/mol. The number of rotatable bonds is 5. The topological polar surface area (TPSA) is 74.3 Å². The Morgan fingerprint density at radius 3 is 2.79 bits per heavy atom. The van der Waals surface area contributed by atoms with Crippen LogP contribution in [0.2, 0.25) is 0 Å². The fourth-order valence-electron chi connectivity index (χ4n) is 3.22. The third-order valence-corrected chi connectivity index (χ3v) is 6.65. The molecule has 8 heteroatoms. The number of aromatic nitrogens is 1. The Hall–Kier alpha value is -2.55. The standard InChI is InChI=1S/C21H22N4O2S2/c1-13-3-4-16(9-14(13)2)22-19(26)11-25-7-5-17-18(10-25)29-21(23-17)24-20(27)15-6-8-28-12-15/h3-4,6,8-9,12H,5,7,10-11H2,1-2H3,(H,22,26)(H,23,24,27). The molecular formula is C21H22N4O2S2. The maximum atomic E-state index is 12.4. The van der Waals surface area contributed by atoms with Crippen LogP contribution < -0.4 is 10.6 Å². The highest BCUT2D eigenvalue weighted by Gasteiger charge is 2.23. The molecule has 1 aliphatic rings. The van der Waals surface area contributed by atoms with Crippen LogP contribution in [0.4, 0.5) is 10.8 Å². The van der Waals surface area contributed by atoms with Crippen LogP contribution in [-0.4, -0.2) is 34.8 Å². The van der Waals surface area contributed by atoms with Gasteiger partial charge in [0.1, 0.15) is 0 Å². The Morgan fingerprint density at radius 1 is 1.17 bits per heavy atom. The van der Waals surface area contributed by atoms with E-state index in [1.165, 1.54) is 28.2 Å². The highest BCUT2D eigenvalue weighted by molar-refractivity contribution is 7.16. The first kappa shape index (κ1) is 19.8. The van der Waals surface area contributed by atoms with Gasteiger partial charge in [0, 0.05) is 35.5 Å². The molecule has 1 aromatic carbocycles. The number of amides is 2. The molecule has 0 radical (unpaired) electrons. The molecule has 0 atom stereocenters. The summed E-state index contributed by atoms with van der Waals surface area (Å²) in [7, 11) is 0. The molecule has 2 N–H and O–H groups in total. The van der Waals surface area contributed by atoms with Crippen molar-refractivity contribution >= 4 is 45.3 Å². The predicted molar refractivity (Wildman–Crippen MR) is 118 cm³/mol. The minimum Gasteiger partial charge on any atom is -0.325 e. The van der Waals surface area contributed by atoms with Gasteiger partial charge in [-0.2, -0.15) is 11.3 Å². The Labute approximate surface area is 177 Å². The van der Waals surface area contributed by atoms with Crippen LogP contribution in [0.15, 0.2) is 35.0 Å². The van der Waals surface area contributed by atoms with Gasteiger partial charge >= 0.3 is 0 Å². The number of thiazole rings is 1. The number of anilines is 2. The summed E-state index contributed by atoms with van der Waals surface area (Å²) in [6.45, 7) is 5.87. The summed E-state index contributed by atoms with van der Waals surface area (Å²) in [4.78, 5) is 32.4. The summed E-state index contributed by atoms with van der Waals surface area (Å²) < 4.78 is 0. The van der Waals surface area contributed by atoms with Crippen LogP contribution in [0.3, 0.4) is 0 Å². The maximum Gasteiger partial charge on any atom is 0.258 e. The second-order valence-electron chi connectivity index (χ2n) is 7.16. The van der Waals surface area contributed by atoms with Gasteiger partial charge in [-0.15, -0.1) is 11.3 Å². The van der Waals surface area contributed by atoms with Crippen molar-refractivity contribution < 1.29 is 9.59 Å². The van der Waals surface area contributed by atoms with E-state index in [9.17, 15) is 9.59 Å². The van der Waals surface area contributed by atoms with Crippen LogP contribution in [0, 0.1) is 13.8 Å². The van der Waals surface area contributed by atoms with Crippen molar-refractivity contribution in [2.24, 2.45) is 0 Å². The van der Waals surface area contributed by atoms with E-state index in [4.69, 9.17) is 0 Å². The van der Waals surface area contributed by atoms with Crippen molar-refractivity contribution in [2.75, 3.05) is 23.7 Å². The van der Waals surface area contributed by atoms with Gasteiger partial charge in [0.25, 0.3) is 5.91 Å². The van der Waals surface area contributed by atoms with Crippen LogP contribution in [0.25, 0.3) is 0 Å². The molecule has 6 nitrogen and oxygen atoms in total. The van der Waals surface area contributed by atoms with Crippen molar-refractivity contribution in [3.63, 3.8) is 0 Å². The van der Waals surface area contributed by atoms with E-state index in [0.717, 1.165) is 34.8 Å². The molecule has 4 rings (SSSR count). The molecule has 2 aromatic heterocycles. The van der Waals surface area contributed by atoms with Gasteiger partial charge in [0.2, 0.25) is 5.91 Å². The van der Waals surface area contributed by atoms with Gasteiger partial charge in [-0.05, 0) is 48.6 Å². The lowest BCUT2D eigenvalue weighted by atomic mass is 10.1. The lowest BCUT2D eigenvalue weighted by Crippen LogP contribution is -2.36. The zero-order chi connectivity index (χ0) is 20.4. The number of aryl methyl sites for hydroxylation is 2. The van der Waals surface area contributed by atoms with Gasteiger partial charge in [-0.3, -0.25) is 19.8 Å². The maximum absolute atomic E-state index is 12.4. The average molecular weight is 427 g/mol. The molecule has 1 aliphatic heterocycles. The number of thiophene rings is 1. The minimum atomic E-state index is -0.137. The highest BCUT2D eigenvalue weighted by Crippen LogP contribution is 2.28. The predicted octanol–water partition coefficient (Wildman–Crippen LogP) is 4.07. The van der Waals surface area contributed by atoms with E-state index < -0.39 is 0 Å². The van der Waals surface area contributed by atoms with Crippen molar-refractivity contribution in [2.45, 2.75) is 26.8 Å². The van der Waals surface area contributed by atoms with Gasteiger partial charge in [-0.25, -0.2) is 4.98 Å². The lowest BCUT2D eigenvalue weighted by molar-refractivity contribution is -0.117. The summed E-state index contributed by atoms with van der Waals surface area (Å²) in [6, 6.07) is 7.73. The molecule has 0 saturated heterocycles. The van der Waals surface area contributed by atoms with Crippen molar-refractivity contribution in [3.8, 4) is 0 Å². The van der Waals surface area contributed by atoms with E-state index in [2.05, 4.69) is 27.4 Å². The van der Waals surface area contributed by atoms with Crippen molar-refractivity contribution in [3.05, 3.63) is 62.3 Å². The molecule has 150 valence electrons. The number of benzene rings is 1. The van der Waals surface area contributed by atoms with Gasteiger partial charge in [0.15, 0.2) is 5.13 Å². The van der Waals surface area contributed by atoms with E-state index in [0.29, 0.717) is 23.8 Å². The van der Waals surface area contributed by atoms with E-state index in [1.807, 2.05) is 35.9 Å². The first-order chi connectivity index (χ1) is 14.0. The van der Waals surface area contributed by atoms with Gasteiger partial charge < -0.3 is 5.32 Å². The number of hydrogen-bond donors (Lipinski definition) is 2. The Morgan fingerprint density at radius 2 is 2.03 bits per heavy atom. The number of carbonyl (C=O) groups excluding carboxylic acids is 2. The Bertz CT molecular complexity index is 1040. The normalized spacial score (nSPS) is 13.7. The van der Waals surface area contributed by atoms with Crippen LogP contribution in [0.1, 0.15) is 32.1 Å². The summed E-state index contributed by atoms with van der Waals surface area (Å²) in [5.41, 5.74) is 4.85. The summed E-state index contributed by atoms with van der Waals surface area (Å²) in [5, 5.41) is 10.2. The number of nitrogens with one attached hydrogen (secondary N) is 2. The fraction of sp³-hybridized carbons (Fsp3) is 0.286. The molecule has 0 spiro atoms. The monoisotopic (exact) mass is 426 g/mol. The molecule has 3 heterocycles. The largest absolute Gasteiger partial charge is 0.325 e. The number of nitrogens with zero attached hydrogens (tertiary/aromatic N) is 2. The van der Waals surface area contributed by atoms with Crippen molar-refractivity contribution in [1.82, 2.24) is 9.88 Å². The van der Waals surface area contributed by atoms with Crippen LogP contribution >= 0.6 is 22.7 Å². The average Bonchev–Trinajstić information content (AvgIpc) is 3.34. The Kier molecular flexibility index (Phi) is 5.75. The van der Waals surface area contributed by atoms with E-state index in [1.54, 1.807) is 6.07 Å². The number of fused-ring (bicyclic) bond motifs is 1. The fourth-order valence-corrected chi connectivity index (χ4v) is 4.90. The quantitative estimate of drug-likeness (QED) is 0.645. The second-order valence-corrected chi connectivity index (χ2v) is 9.03. The minimum absolute atomic E-state index is 0.0211. The summed E-state index contributed by atoms with van der Waals surface area (Å²) >= 11 is 2.98. The first-order valence-corrected chi connectivity index (χ1v) is 11.2. The highest BCUT2D eigenvalue weighted by atomic mass is 32.1. The summed E-state index contributed by atoms with van der Waals surface area (Å²) in [6.07, 6.45) is 0.775. The van der Waals surface area contributed by atoms with Gasteiger partial charge in [0.05, 0.1) is 17.8 Å². The number of hydrogen-bond acceptors (Lipinski definition) is 6. The molecule has 0 unspecified atom stereocenters. The number of carbonyl (C=O) groups is 2.